The van der Waals surface area contributed by atoms with Gasteiger partial charge in [0.15, 0.2) is 12.6 Å². The number of alkyl halides is 3. The van der Waals surface area contributed by atoms with Crippen LogP contribution in [0.2, 0.25) is 0 Å². The van der Waals surface area contributed by atoms with Gasteiger partial charge >= 0.3 is 6.18 Å². The number of ether oxygens (including phenoxy) is 1. The van der Waals surface area contributed by atoms with Crippen LogP contribution in [-0.2, 0) is 13.1 Å². The summed E-state index contributed by atoms with van der Waals surface area (Å²) in [6.45, 7) is 1.64. The van der Waals surface area contributed by atoms with Crippen molar-refractivity contribution in [2.24, 2.45) is 4.99 Å². The average molecular weight is 384 g/mol. The van der Waals surface area contributed by atoms with E-state index in [0.29, 0.717) is 23.6 Å². The topological polar surface area (TPSA) is 58.5 Å². The van der Waals surface area contributed by atoms with Gasteiger partial charge in [-0.15, -0.1) is 0 Å². The van der Waals surface area contributed by atoms with Crippen molar-refractivity contribution in [1.29, 1.82) is 0 Å². The number of halogens is 4. The number of rotatable bonds is 7. The summed E-state index contributed by atoms with van der Waals surface area (Å²) in [6.07, 6.45) is -3.01. The minimum absolute atomic E-state index is 0.107. The third-order valence-electron chi connectivity index (χ3n) is 3.35. The SMILES string of the molecule is CCNC(=NCc1ccc(OCC(F)(F)F)nc1)NCc1ccccc1F. The third-order valence-corrected chi connectivity index (χ3v) is 3.35. The van der Waals surface area contributed by atoms with Crippen LogP contribution < -0.4 is 15.4 Å². The summed E-state index contributed by atoms with van der Waals surface area (Å²) in [5.74, 6) is 0.0716. The van der Waals surface area contributed by atoms with E-state index in [2.05, 4.69) is 25.3 Å². The number of pyridine rings is 1. The molecule has 0 amide bonds. The molecule has 0 bridgehead atoms. The highest BCUT2D eigenvalue weighted by Gasteiger charge is 2.28. The predicted molar refractivity (Wildman–Crippen MR) is 93.8 cm³/mol. The average Bonchev–Trinajstić information content (AvgIpc) is 2.64. The Hall–Kier alpha value is -2.84. The number of aromatic nitrogens is 1. The van der Waals surface area contributed by atoms with Crippen LogP contribution in [0.15, 0.2) is 47.6 Å². The highest BCUT2D eigenvalue weighted by molar-refractivity contribution is 5.79. The highest BCUT2D eigenvalue weighted by Crippen LogP contribution is 2.17. The van der Waals surface area contributed by atoms with E-state index in [1.807, 2.05) is 6.92 Å². The van der Waals surface area contributed by atoms with Crippen LogP contribution in [0.4, 0.5) is 17.6 Å². The maximum absolute atomic E-state index is 13.7. The maximum atomic E-state index is 13.7. The molecule has 0 radical (unpaired) electrons. The number of nitrogens with zero attached hydrogens (tertiary/aromatic N) is 2. The lowest BCUT2D eigenvalue weighted by atomic mass is 10.2. The van der Waals surface area contributed by atoms with E-state index < -0.39 is 12.8 Å². The molecule has 0 saturated heterocycles. The highest BCUT2D eigenvalue weighted by atomic mass is 19.4. The van der Waals surface area contributed by atoms with Crippen molar-refractivity contribution in [2.75, 3.05) is 13.2 Å². The number of hydrogen-bond acceptors (Lipinski definition) is 3. The van der Waals surface area contributed by atoms with E-state index in [-0.39, 0.29) is 24.8 Å². The van der Waals surface area contributed by atoms with Crippen LogP contribution in [0, 0.1) is 5.82 Å². The summed E-state index contributed by atoms with van der Waals surface area (Å²) in [6, 6.07) is 9.37. The molecule has 0 unspecified atom stereocenters. The quantitative estimate of drug-likeness (QED) is 0.436. The molecule has 0 aliphatic rings. The fourth-order valence-corrected chi connectivity index (χ4v) is 2.08. The number of nitrogens with one attached hydrogen (secondary N) is 2. The van der Waals surface area contributed by atoms with Crippen LogP contribution in [0.3, 0.4) is 0 Å². The fourth-order valence-electron chi connectivity index (χ4n) is 2.08. The van der Waals surface area contributed by atoms with Crippen molar-refractivity contribution in [3.05, 3.63) is 59.5 Å². The standard InChI is InChI=1S/C18H20F4N4O/c1-2-23-17(26-11-14-5-3-4-6-15(14)19)25-10-13-7-8-16(24-9-13)27-12-18(20,21)22/h3-9H,2,10-12H2,1H3,(H2,23,25,26). The van der Waals surface area contributed by atoms with Crippen LogP contribution in [0.25, 0.3) is 0 Å². The van der Waals surface area contributed by atoms with Crippen molar-refractivity contribution < 1.29 is 22.3 Å². The lowest BCUT2D eigenvalue weighted by Crippen LogP contribution is -2.37. The Bertz CT molecular complexity index is 748. The van der Waals surface area contributed by atoms with Crippen molar-refractivity contribution in [2.45, 2.75) is 26.2 Å². The first kappa shape index (κ1) is 20.5. The van der Waals surface area contributed by atoms with Crippen molar-refractivity contribution in [1.82, 2.24) is 15.6 Å². The minimum Gasteiger partial charge on any atom is -0.468 e. The van der Waals surface area contributed by atoms with Gasteiger partial charge in [-0.25, -0.2) is 14.4 Å². The summed E-state index contributed by atoms with van der Waals surface area (Å²) in [4.78, 5) is 8.18. The van der Waals surface area contributed by atoms with Crippen LogP contribution in [0.5, 0.6) is 5.88 Å². The first-order valence-corrected chi connectivity index (χ1v) is 8.27. The van der Waals surface area contributed by atoms with Gasteiger partial charge < -0.3 is 15.4 Å². The second-order valence-corrected chi connectivity index (χ2v) is 5.55. The molecule has 5 nitrogen and oxygen atoms in total. The molecule has 1 aromatic carbocycles. The van der Waals surface area contributed by atoms with Gasteiger partial charge in [0.2, 0.25) is 5.88 Å². The van der Waals surface area contributed by atoms with Crippen molar-refractivity contribution >= 4 is 5.96 Å². The molecule has 0 aliphatic carbocycles. The summed E-state index contributed by atoms with van der Waals surface area (Å²) in [5.41, 5.74) is 1.20. The summed E-state index contributed by atoms with van der Waals surface area (Å²) < 4.78 is 54.6. The molecular weight excluding hydrogens is 364 g/mol. The minimum atomic E-state index is -4.41. The number of hydrogen-bond donors (Lipinski definition) is 2. The molecule has 0 saturated carbocycles. The van der Waals surface area contributed by atoms with Gasteiger partial charge in [0.05, 0.1) is 6.54 Å². The predicted octanol–water partition coefficient (Wildman–Crippen LogP) is 3.42. The molecule has 0 fully saturated rings. The molecule has 2 rings (SSSR count). The number of benzene rings is 1. The molecule has 0 spiro atoms. The molecule has 0 atom stereocenters. The Balaban J connectivity index is 1.92. The van der Waals surface area contributed by atoms with Gasteiger partial charge in [0, 0.05) is 30.9 Å². The number of aliphatic imine (C=N–C) groups is 1. The van der Waals surface area contributed by atoms with E-state index in [4.69, 9.17) is 0 Å². The van der Waals surface area contributed by atoms with E-state index >= 15 is 0 Å². The van der Waals surface area contributed by atoms with Crippen LogP contribution in [-0.4, -0.2) is 30.3 Å². The summed E-state index contributed by atoms with van der Waals surface area (Å²) in [5, 5.41) is 6.06. The van der Waals surface area contributed by atoms with Gasteiger partial charge in [-0.1, -0.05) is 24.3 Å². The fraction of sp³-hybridized carbons (Fsp3) is 0.333. The monoisotopic (exact) mass is 384 g/mol. The molecule has 1 aromatic heterocycles. The van der Waals surface area contributed by atoms with Gasteiger partial charge in [0.1, 0.15) is 5.82 Å². The van der Waals surface area contributed by atoms with Gasteiger partial charge in [-0.3, -0.25) is 0 Å². The Kier molecular flexibility index (Phi) is 7.39. The van der Waals surface area contributed by atoms with Gasteiger partial charge in [-0.2, -0.15) is 13.2 Å². The Morgan fingerprint density at radius 2 is 1.93 bits per heavy atom. The second kappa shape index (κ2) is 9.75. The van der Waals surface area contributed by atoms with E-state index in [9.17, 15) is 17.6 Å². The van der Waals surface area contributed by atoms with E-state index in [0.717, 1.165) is 0 Å². The van der Waals surface area contributed by atoms with Crippen LogP contribution in [0.1, 0.15) is 18.1 Å². The van der Waals surface area contributed by atoms with Crippen molar-refractivity contribution in [3.63, 3.8) is 0 Å². The summed E-state index contributed by atoms with van der Waals surface area (Å²) in [7, 11) is 0. The Labute approximate surface area is 154 Å². The van der Waals surface area contributed by atoms with Crippen molar-refractivity contribution in [3.8, 4) is 5.88 Å². The molecule has 9 heteroatoms. The number of guanidine groups is 1. The largest absolute Gasteiger partial charge is 0.468 e. The van der Waals surface area contributed by atoms with E-state index in [1.165, 1.54) is 18.3 Å². The molecule has 2 aromatic rings. The molecule has 1 heterocycles. The lowest BCUT2D eigenvalue weighted by Gasteiger charge is -2.12. The smallest absolute Gasteiger partial charge is 0.422 e. The zero-order valence-electron chi connectivity index (χ0n) is 14.7. The molecule has 146 valence electrons. The van der Waals surface area contributed by atoms with E-state index in [1.54, 1.807) is 24.3 Å². The Morgan fingerprint density at radius 1 is 1.15 bits per heavy atom. The zero-order valence-corrected chi connectivity index (χ0v) is 14.7. The molecular formula is C18H20F4N4O. The second-order valence-electron chi connectivity index (χ2n) is 5.55. The molecule has 2 N–H and O–H groups in total. The molecule has 27 heavy (non-hydrogen) atoms. The summed E-state index contributed by atoms with van der Waals surface area (Å²) >= 11 is 0. The molecule has 0 aliphatic heterocycles. The zero-order chi connectivity index (χ0) is 19.7. The van der Waals surface area contributed by atoms with Crippen LogP contribution >= 0.6 is 0 Å². The first-order valence-electron chi connectivity index (χ1n) is 8.27. The third kappa shape index (κ3) is 7.51. The van der Waals surface area contributed by atoms with Gasteiger partial charge in [0.25, 0.3) is 0 Å². The normalized spacial score (nSPS) is 12.0. The first-order chi connectivity index (χ1) is 12.9. The van der Waals surface area contributed by atoms with Gasteiger partial charge in [-0.05, 0) is 18.6 Å². The lowest BCUT2D eigenvalue weighted by molar-refractivity contribution is -0.154. The Morgan fingerprint density at radius 3 is 2.56 bits per heavy atom. The maximum Gasteiger partial charge on any atom is 0.422 e.